The summed E-state index contributed by atoms with van der Waals surface area (Å²) < 4.78 is 13.8. The third-order valence-corrected chi connectivity index (χ3v) is 5.82. The van der Waals surface area contributed by atoms with Crippen molar-refractivity contribution in [2.24, 2.45) is 5.92 Å². The number of rotatable bonds is 7. The summed E-state index contributed by atoms with van der Waals surface area (Å²) in [6.07, 6.45) is 3.93. The maximum absolute atomic E-state index is 13.0. The second-order valence-corrected chi connectivity index (χ2v) is 8.44. The Labute approximate surface area is 184 Å². The summed E-state index contributed by atoms with van der Waals surface area (Å²) in [5.74, 6) is -0.0623. The molecule has 0 bridgehead atoms. The molecule has 0 saturated carbocycles. The monoisotopic (exact) mass is 476 g/mol. The molecule has 160 valence electrons. The summed E-state index contributed by atoms with van der Waals surface area (Å²) in [5, 5.41) is 5.80. The molecule has 2 unspecified atom stereocenters. The number of halogens is 2. The Balaban J connectivity index is 1.47. The van der Waals surface area contributed by atoms with Gasteiger partial charge in [0.25, 0.3) is 0 Å². The van der Waals surface area contributed by atoms with E-state index >= 15 is 0 Å². The molecule has 30 heavy (non-hydrogen) atoms. The Morgan fingerprint density at radius 3 is 2.73 bits per heavy atom. The molecule has 2 heterocycles. The minimum Gasteiger partial charge on any atom is -0.354 e. The highest BCUT2D eigenvalue weighted by Crippen LogP contribution is 2.20. The number of nitrogens with zero attached hydrogens (tertiary/aromatic N) is 2. The molecule has 2 N–H and O–H groups in total. The van der Waals surface area contributed by atoms with E-state index in [1.807, 2.05) is 13.0 Å². The lowest BCUT2D eigenvalue weighted by atomic mass is 9.96. The molecule has 1 fully saturated rings. The van der Waals surface area contributed by atoms with Gasteiger partial charge in [-0.15, -0.1) is 0 Å². The van der Waals surface area contributed by atoms with Crippen molar-refractivity contribution in [3.63, 3.8) is 0 Å². The van der Waals surface area contributed by atoms with Crippen molar-refractivity contribution in [2.75, 3.05) is 25.0 Å². The van der Waals surface area contributed by atoms with Crippen LogP contribution in [0.1, 0.15) is 25.3 Å². The zero-order chi connectivity index (χ0) is 21.5. The number of carbonyl (C=O) groups excluding carboxylic acids is 2. The molecule has 2 amide bonds. The average Bonchev–Trinajstić information content (AvgIpc) is 2.76. The molecule has 3 rings (SSSR count). The second-order valence-electron chi connectivity index (χ2n) is 7.53. The summed E-state index contributed by atoms with van der Waals surface area (Å²) in [6, 6.07) is 9.54. The van der Waals surface area contributed by atoms with Gasteiger partial charge >= 0.3 is 0 Å². The Kier molecular flexibility index (Phi) is 7.93. The van der Waals surface area contributed by atoms with Crippen LogP contribution in [0.25, 0.3) is 0 Å². The van der Waals surface area contributed by atoms with Gasteiger partial charge in [-0.2, -0.15) is 0 Å². The van der Waals surface area contributed by atoms with E-state index in [2.05, 4.69) is 36.4 Å². The molecule has 2 aromatic rings. The fourth-order valence-electron chi connectivity index (χ4n) is 3.54. The number of likely N-dealkylation sites (tertiary alicyclic amines) is 1. The summed E-state index contributed by atoms with van der Waals surface area (Å²) in [4.78, 5) is 31.4. The van der Waals surface area contributed by atoms with Crippen molar-refractivity contribution < 1.29 is 14.0 Å². The minimum atomic E-state index is -0.320. The maximum Gasteiger partial charge on any atom is 0.237 e. The van der Waals surface area contributed by atoms with Crippen LogP contribution in [0.3, 0.4) is 0 Å². The Bertz CT molecular complexity index is 860. The van der Waals surface area contributed by atoms with E-state index in [4.69, 9.17) is 0 Å². The molecule has 1 saturated heterocycles. The van der Waals surface area contributed by atoms with Crippen molar-refractivity contribution in [3.8, 4) is 0 Å². The van der Waals surface area contributed by atoms with Crippen LogP contribution in [0.15, 0.2) is 47.1 Å². The molecule has 0 aliphatic carbocycles. The number of hydrogen-bond acceptors (Lipinski definition) is 4. The summed E-state index contributed by atoms with van der Waals surface area (Å²) in [7, 11) is 0. The second kappa shape index (κ2) is 10.6. The van der Waals surface area contributed by atoms with E-state index in [0.29, 0.717) is 25.3 Å². The van der Waals surface area contributed by atoms with Gasteiger partial charge in [-0.3, -0.25) is 14.5 Å². The van der Waals surface area contributed by atoms with Crippen LogP contribution in [0.4, 0.5) is 10.2 Å². The highest BCUT2D eigenvalue weighted by atomic mass is 79.9. The molecule has 6 nitrogen and oxygen atoms in total. The number of nitrogens with one attached hydrogen (secondary N) is 2. The molecule has 0 radical (unpaired) electrons. The zero-order valence-corrected chi connectivity index (χ0v) is 18.5. The fourth-order valence-corrected chi connectivity index (χ4v) is 3.78. The molecule has 8 heteroatoms. The van der Waals surface area contributed by atoms with E-state index in [9.17, 15) is 14.0 Å². The fraction of sp³-hybridized carbons (Fsp3) is 0.409. The number of piperidine rings is 1. The van der Waals surface area contributed by atoms with Crippen LogP contribution < -0.4 is 10.6 Å². The van der Waals surface area contributed by atoms with Gasteiger partial charge in [-0.1, -0.05) is 12.1 Å². The van der Waals surface area contributed by atoms with E-state index in [1.165, 1.54) is 12.1 Å². The van der Waals surface area contributed by atoms with Crippen molar-refractivity contribution in [2.45, 2.75) is 32.2 Å². The molecule has 2 atom stereocenters. The van der Waals surface area contributed by atoms with E-state index in [-0.39, 0.29) is 29.6 Å². The average molecular weight is 477 g/mol. The highest BCUT2D eigenvalue weighted by molar-refractivity contribution is 9.10. The number of amides is 2. The summed E-state index contributed by atoms with van der Waals surface area (Å²) in [5.41, 5.74) is 0.973. The lowest BCUT2D eigenvalue weighted by Crippen LogP contribution is -2.51. The largest absolute Gasteiger partial charge is 0.354 e. The van der Waals surface area contributed by atoms with Crippen molar-refractivity contribution in [1.82, 2.24) is 15.2 Å². The molecule has 1 aromatic heterocycles. The van der Waals surface area contributed by atoms with E-state index < -0.39 is 0 Å². The Morgan fingerprint density at radius 1 is 1.27 bits per heavy atom. The first-order valence-electron chi connectivity index (χ1n) is 10.1. The van der Waals surface area contributed by atoms with Gasteiger partial charge in [0.05, 0.1) is 12.0 Å². The molecule has 1 aromatic carbocycles. The van der Waals surface area contributed by atoms with Crippen molar-refractivity contribution in [3.05, 3.63) is 58.4 Å². The van der Waals surface area contributed by atoms with E-state index in [1.54, 1.807) is 24.4 Å². The van der Waals surface area contributed by atoms with Crippen molar-refractivity contribution in [1.29, 1.82) is 0 Å². The number of carbonyl (C=O) groups is 2. The molecule has 0 spiro atoms. The third-order valence-electron chi connectivity index (χ3n) is 5.36. The molecule has 1 aliphatic rings. The normalized spacial score (nSPS) is 17.9. The number of anilines is 1. The summed E-state index contributed by atoms with van der Waals surface area (Å²) in [6.45, 7) is 3.67. The van der Waals surface area contributed by atoms with Crippen LogP contribution in [0, 0.1) is 11.7 Å². The predicted octanol–water partition coefficient (Wildman–Crippen LogP) is 3.38. The van der Waals surface area contributed by atoms with Crippen LogP contribution in [0.2, 0.25) is 0 Å². The summed E-state index contributed by atoms with van der Waals surface area (Å²) >= 11 is 3.32. The van der Waals surface area contributed by atoms with Crippen LogP contribution in [0.5, 0.6) is 0 Å². The molecular formula is C22H26BrFN4O2. The Morgan fingerprint density at radius 2 is 2.03 bits per heavy atom. The SMILES string of the molecule is CC(C(=O)NCCc1ccc(F)cc1)N1CCCC(C(=O)Nc2ccc(Br)cn2)C1. The number of hydrogen-bond donors (Lipinski definition) is 2. The van der Waals surface area contributed by atoms with Gasteiger partial charge < -0.3 is 10.6 Å². The number of benzene rings is 1. The maximum atomic E-state index is 13.0. The van der Waals surface area contributed by atoms with Crippen LogP contribution in [-0.2, 0) is 16.0 Å². The topological polar surface area (TPSA) is 74.3 Å². The first-order valence-corrected chi connectivity index (χ1v) is 10.9. The minimum absolute atomic E-state index is 0.0623. The lowest BCUT2D eigenvalue weighted by molar-refractivity contribution is -0.129. The van der Waals surface area contributed by atoms with Gasteiger partial charge in [-0.25, -0.2) is 9.37 Å². The van der Waals surface area contributed by atoms with E-state index in [0.717, 1.165) is 29.4 Å². The standard InChI is InChI=1S/C22H26BrFN4O2/c1-15(21(29)25-11-10-16-4-7-19(24)8-5-16)28-12-2-3-17(14-28)22(30)27-20-9-6-18(23)13-26-20/h4-9,13,15,17H,2-3,10-12,14H2,1H3,(H,25,29)(H,26,27,30). The first-order chi connectivity index (χ1) is 14.4. The quantitative estimate of drug-likeness (QED) is 0.642. The van der Waals surface area contributed by atoms with Gasteiger partial charge in [0.2, 0.25) is 11.8 Å². The van der Waals surface area contributed by atoms with Gasteiger partial charge in [0.1, 0.15) is 11.6 Å². The predicted molar refractivity (Wildman–Crippen MR) is 117 cm³/mol. The smallest absolute Gasteiger partial charge is 0.237 e. The van der Waals surface area contributed by atoms with Gasteiger partial charge in [-0.05, 0) is 78.5 Å². The zero-order valence-electron chi connectivity index (χ0n) is 16.9. The van der Waals surface area contributed by atoms with Gasteiger partial charge in [0, 0.05) is 23.8 Å². The van der Waals surface area contributed by atoms with Crippen LogP contribution in [-0.4, -0.2) is 47.4 Å². The lowest BCUT2D eigenvalue weighted by Gasteiger charge is -2.35. The molecular weight excluding hydrogens is 451 g/mol. The third kappa shape index (κ3) is 6.34. The van der Waals surface area contributed by atoms with Crippen LogP contribution >= 0.6 is 15.9 Å². The molecule has 1 aliphatic heterocycles. The van der Waals surface area contributed by atoms with Gasteiger partial charge in [0.15, 0.2) is 0 Å². The number of aromatic nitrogens is 1. The Hall–Kier alpha value is -2.32. The number of pyridine rings is 1. The highest BCUT2D eigenvalue weighted by Gasteiger charge is 2.30. The first kappa shape index (κ1) is 22.4. The van der Waals surface area contributed by atoms with Crippen molar-refractivity contribution >= 4 is 33.6 Å².